The van der Waals surface area contributed by atoms with Crippen molar-refractivity contribution in [3.63, 3.8) is 0 Å². The van der Waals surface area contributed by atoms with E-state index in [1.54, 1.807) is 32.0 Å². The molecule has 1 unspecified atom stereocenters. The van der Waals surface area contributed by atoms with Crippen LogP contribution in [0.5, 0.6) is 0 Å². The van der Waals surface area contributed by atoms with Gasteiger partial charge in [0.25, 0.3) is 0 Å². The van der Waals surface area contributed by atoms with E-state index in [1.807, 2.05) is 36.7 Å². The van der Waals surface area contributed by atoms with Crippen molar-refractivity contribution >= 4 is 11.7 Å². The first-order chi connectivity index (χ1) is 11.8. The molecule has 0 aliphatic carbocycles. The summed E-state index contributed by atoms with van der Waals surface area (Å²) >= 11 is 0. The minimum absolute atomic E-state index is 0.131. The smallest absolute Gasteiger partial charge is 0.245 e. The maximum Gasteiger partial charge on any atom is 0.245 e. The quantitative estimate of drug-likeness (QED) is 0.647. The lowest BCUT2D eigenvalue weighted by molar-refractivity contribution is -0.122. The molecule has 1 aromatic carbocycles. The first-order valence-electron chi connectivity index (χ1n) is 8.16. The van der Waals surface area contributed by atoms with Crippen LogP contribution in [-0.4, -0.2) is 27.5 Å². The molecule has 0 bridgehead atoms. The molecule has 0 spiro atoms. The Morgan fingerprint density at radius 2 is 2.00 bits per heavy atom. The monoisotopic (exact) mass is 338 g/mol. The highest BCUT2D eigenvalue weighted by atomic mass is 16.2. The van der Waals surface area contributed by atoms with Crippen LogP contribution < -0.4 is 5.32 Å². The highest BCUT2D eigenvalue weighted by Gasteiger charge is 2.28. The number of hydrogen-bond donors (Lipinski definition) is 1. The number of nitrogens with one attached hydrogen (secondary N) is 1. The van der Waals surface area contributed by atoms with Gasteiger partial charge >= 0.3 is 0 Å². The SMILES string of the molecule is Cc1cc(C)n(Cc2cccc(C(=O)C(C#N)C(=O)NC(C)C)c2)n1. The molecule has 6 nitrogen and oxygen atoms in total. The van der Waals surface area contributed by atoms with Gasteiger partial charge in [-0.3, -0.25) is 14.3 Å². The van der Waals surface area contributed by atoms with Crippen LogP contribution in [0.25, 0.3) is 0 Å². The van der Waals surface area contributed by atoms with Gasteiger partial charge in [0.05, 0.1) is 18.3 Å². The van der Waals surface area contributed by atoms with Crippen LogP contribution in [0.4, 0.5) is 0 Å². The third-order valence-corrected chi connectivity index (χ3v) is 3.73. The Balaban J connectivity index is 2.22. The van der Waals surface area contributed by atoms with Gasteiger partial charge in [0.2, 0.25) is 5.91 Å². The minimum atomic E-state index is -1.34. The maximum atomic E-state index is 12.6. The molecule has 0 aliphatic rings. The Morgan fingerprint density at radius 1 is 1.28 bits per heavy atom. The predicted octanol–water partition coefficient (Wildman–Crippen LogP) is 2.40. The second-order valence-corrected chi connectivity index (χ2v) is 6.37. The second kappa shape index (κ2) is 7.75. The van der Waals surface area contributed by atoms with Crippen LogP contribution in [-0.2, 0) is 11.3 Å². The van der Waals surface area contributed by atoms with Gasteiger partial charge in [-0.25, -0.2) is 0 Å². The van der Waals surface area contributed by atoms with E-state index in [2.05, 4.69) is 10.4 Å². The lowest BCUT2D eigenvalue weighted by atomic mass is 9.96. The van der Waals surface area contributed by atoms with Crippen molar-refractivity contribution < 1.29 is 9.59 Å². The van der Waals surface area contributed by atoms with Gasteiger partial charge in [-0.05, 0) is 45.4 Å². The van der Waals surface area contributed by atoms with Crippen molar-refractivity contribution in [2.75, 3.05) is 0 Å². The third-order valence-electron chi connectivity index (χ3n) is 3.73. The number of benzene rings is 1. The van der Waals surface area contributed by atoms with Crippen molar-refractivity contribution in [3.8, 4) is 6.07 Å². The number of carbonyl (C=O) groups excluding carboxylic acids is 2. The van der Waals surface area contributed by atoms with Gasteiger partial charge in [-0.1, -0.05) is 18.2 Å². The molecule has 1 N–H and O–H groups in total. The number of aryl methyl sites for hydroxylation is 2. The Labute approximate surface area is 147 Å². The largest absolute Gasteiger partial charge is 0.352 e. The number of amides is 1. The molecule has 6 heteroatoms. The first kappa shape index (κ1) is 18.4. The number of ketones is 1. The number of rotatable bonds is 6. The molecule has 130 valence electrons. The second-order valence-electron chi connectivity index (χ2n) is 6.37. The standard InChI is InChI=1S/C19H22N4O2/c1-12(2)21-19(25)17(10-20)18(24)16-7-5-6-15(9-16)11-23-14(4)8-13(3)22-23/h5-9,12,17H,11H2,1-4H3,(H,21,25). The molecule has 0 radical (unpaired) electrons. The zero-order chi connectivity index (χ0) is 18.6. The van der Waals surface area contributed by atoms with Gasteiger partial charge in [0.1, 0.15) is 0 Å². The van der Waals surface area contributed by atoms with Gasteiger partial charge in [-0.2, -0.15) is 10.4 Å². The molecule has 0 fully saturated rings. The number of Topliss-reactive ketones (excluding diaryl/α,β-unsaturated/α-hetero) is 1. The fourth-order valence-electron chi connectivity index (χ4n) is 2.60. The first-order valence-corrected chi connectivity index (χ1v) is 8.16. The molecule has 0 aliphatic heterocycles. The van der Waals surface area contributed by atoms with Gasteiger partial charge in [0, 0.05) is 17.3 Å². The summed E-state index contributed by atoms with van der Waals surface area (Å²) in [7, 11) is 0. The highest BCUT2D eigenvalue weighted by molar-refractivity contribution is 6.12. The van der Waals surface area contributed by atoms with Crippen molar-refractivity contribution in [2.45, 2.75) is 40.3 Å². The van der Waals surface area contributed by atoms with Gasteiger partial charge < -0.3 is 5.32 Å². The molecule has 1 aromatic heterocycles. The lowest BCUT2D eigenvalue weighted by Gasteiger charge is -2.13. The third kappa shape index (κ3) is 4.54. The summed E-state index contributed by atoms with van der Waals surface area (Å²) in [6.45, 7) is 7.99. The molecule has 1 atom stereocenters. The Morgan fingerprint density at radius 3 is 2.56 bits per heavy atom. The van der Waals surface area contributed by atoms with Crippen molar-refractivity contribution in [2.24, 2.45) is 5.92 Å². The van der Waals surface area contributed by atoms with E-state index in [9.17, 15) is 14.9 Å². The molecule has 0 saturated carbocycles. The van der Waals surface area contributed by atoms with Crippen LogP contribution in [0.1, 0.15) is 41.2 Å². The number of nitriles is 1. The lowest BCUT2D eigenvalue weighted by Crippen LogP contribution is -2.38. The van der Waals surface area contributed by atoms with Crippen LogP contribution in [0.2, 0.25) is 0 Å². The summed E-state index contributed by atoms with van der Waals surface area (Å²) in [6.07, 6.45) is 0. The van der Waals surface area contributed by atoms with E-state index < -0.39 is 17.6 Å². The van der Waals surface area contributed by atoms with Gasteiger partial charge in [0.15, 0.2) is 11.7 Å². The van der Waals surface area contributed by atoms with Crippen LogP contribution in [0.15, 0.2) is 30.3 Å². The molecule has 2 aromatic rings. The van der Waals surface area contributed by atoms with E-state index in [-0.39, 0.29) is 6.04 Å². The number of aromatic nitrogens is 2. The fraction of sp³-hybridized carbons (Fsp3) is 0.368. The molecule has 1 amide bonds. The average molecular weight is 338 g/mol. The van der Waals surface area contributed by atoms with Gasteiger partial charge in [-0.15, -0.1) is 0 Å². The molecular weight excluding hydrogens is 316 g/mol. The fourth-order valence-corrected chi connectivity index (χ4v) is 2.60. The Hall–Kier alpha value is -2.94. The minimum Gasteiger partial charge on any atom is -0.352 e. The zero-order valence-electron chi connectivity index (χ0n) is 14.9. The van der Waals surface area contributed by atoms with Crippen LogP contribution in [0, 0.1) is 31.1 Å². The zero-order valence-corrected chi connectivity index (χ0v) is 14.9. The van der Waals surface area contributed by atoms with E-state index in [1.165, 1.54) is 0 Å². The number of carbonyl (C=O) groups is 2. The molecule has 1 heterocycles. The summed E-state index contributed by atoms with van der Waals surface area (Å²) in [6, 6.07) is 10.6. The summed E-state index contributed by atoms with van der Waals surface area (Å²) in [5, 5.41) is 16.3. The molecular formula is C19H22N4O2. The summed E-state index contributed by atoms with van der Waals surface area (Å²) in [5.41, 5.74) is 3.20. The van der Waals surface area contributed by atoms with Crippen molar-refractivity contribution in [1.29, 1.82) is 5.26 Å². The Bertz CT molecular complexity index is 830. The van der Waals surface area contributed by atoms with Crippen LogP contribution >= 0.6 is 0 Å². The summed E-state index contributed by atoms with van der Waals surface area (Å²) < 4.78 is 1.85. The normalized spacial score (nSPS) is 11.8. The van der Waals surface area contributed by atoms with E-state index in [0.717, 1.165) is 17.0 Å². The topological polar surface area (TPSA) is 87.8 Å². The van der Waals surface area contributed by atoms with Crippen molar-refractivity contribution in [1.82, 2.24) is 15.1 Å². The molecule has 25 heavy (non-hydrogen) atoms. The van der Waals surface area contributed by atoms with E-state index >= 15 is 0 Å². The molecule has 2 rings (SSSR count). The Kier molecular flexibility index (Phi) is 5.71. The van der Waals surface area contributed by atoms with Crippen molar-refractivity contribution in [3.05, 3.63) is 52.8 Å². The summed E-state index contributed by atoms with van der Waals surface area (Å²) in [4.78, 5) is 24.6. The van der Waals surface area contributed by atoms with Crippen LogP contribution in [0.3, 0.4) is 0 Å². The summed E-state index contributed by atoms with van der Waals surface area (Å²) in [5.74, 6) is -2.39. The highest BCUT2D eigenvalue weighted by Crippen LogP contribution is 2.14. The number of hydrogen-bond acceptors (Lipinski definition) is 4. The average Bonchev–Trinajstić information content (AvgIpc) is 2.85. The predicted molar refractivity (Wildman–Crippen MR) is 94.0 cm³/mol. The van der Waals surface area contributed by atoms with E-state index in [4.69, 9.17) is 0 Å². The van der Waals surface area contributed by atoms with E-state index in [0.29, 0.717) is 12.1 Å². The molecule has 0 saturated heterocycles. The number of nitrogens with zero attached hydrogens (tertiary/aromatic N) is 3. The maximum absolute atomic E-state index is 12.6.